The molecule has 1 aromatic rings. The minimum Gasteiger partial charge on any atom is -0.394 e. The Morgan fingerprint density at radius 2 is 1.89 bits per heavy atom. The van der Waals surface area contributed by atoms with E-state index in [-0.39, 0.29) is 12.5 Å². The molecule has 1 aliphatic carbocycles. The highest BCUT2D eigenvalue weighted by atomic mass is 32.2. The van der Waals surface area contributed by atoms with Crippen LogP contribution in [0, 0.1) is 0 Å². The van der Waals surface area contributed by atoms with Crippen LogP contribution >= 0.6 is 0 Å². The highest BCUT2D eigenvalue weighted by Crippen LogP contribution is 2.53. The van der Waals surface area contributed by atoms with E-state index in [9.17, 15) is 13.5 Å². The molecule has 18 heavy (non-hydrogen) atoms. The van der Waals surface area contributed by atoms with Gasteiger partial charge in [-0.3, -0.25) is 0 Å². The predicted octanol–water partition coefficient (Wildman–Crippen LogP) is 0.449. The van der Waals surface area contributed by atoms with Gasteiger partial charge in [-0.2, -0.15) is 0 Å². The van der Waals surface area contributed by atoms with E-state index in [0.29, 0.717) is 0 Å². The fourth-order valence-corrected chi connectivity index (χ4v) is 4.55. The van der Waals surface area contributed by atoms with Crippen molar-refractivity contribution in [3.63, 3.8) is 0 Å². The highest BCUT2D eigenvalue weighted by molar-refractivity contribution is 7.91. The maximum Gasteiger partial charge on any atom is 0.152 e. The van der Waals surface area contributed by atoms with E-state index in [2.05, 4.69) is 6.92 Å². The number of rotatable bonds is 4. The summed E-state index contributed by atoms with van der Waals surface area (Å²) < 4.78 is 23.4. The second kappa shape index (κ2) is 4.33. The van der Waals surface area contributed by atoms with Crippen LogP contribution in [0.2, 0.25) is 0 Å². The molecule has 0 aliphatic heterocycles. The van der Waals surface area contributed by atoms with Gasteiger partial charge in [0.25, 0.3) is 0 Å². The van der Waals surface area contributed by atoms with E-state index in [4.69, 9.17) is 5.73 Å². The molecule has 1 saturated carbocycles. The lowest BCUT2D eigenvalue weighted by atomic mass is 10.0. The molecular formula is C13H19NO3S. The zero-order valence-corrected chi connectivity index (χ0v) is 11.4. The summed E-state index contributed by atoms with van der Waals surface area (Å²) in [4.78, 5) is 0. The molecule has 100 valence electrons. The Balaban J connectivity index is 2.33. The Morgan fingerprint density at radius 1 is 1.33 bits per heavy atom. The van der Waals surface area contributed by atoms with E-state index in [0.717, 1.165) is 12.0 Å². The molecule has 4 nitrogen and oxygen atoms in total. The van der Waals surface area contributed by atoms with E-state index >= 15 is 0 Å². The van der Waals surface area contributed by atoms with Crippen molar-refractivity contribution in [1.29, 1.82) is 0 Å². The summed E-state index contributed by atoms with van der Waals surface area (Å²) in [6, 6.07) is 7.77. The van der Waals surface area contributed by atoms with Gasteiger partial charge >= 0.3 is 0 Å². The molecule has 0 heterocycles. The molecule has 1 aromatic carbocycles. The van der Waals surface area contributed by atoms with Crippen molar-refractivity contribution in [1.82, 2.24) is 0 Å². The lowest BCUT2D eigenvalue weighted by molar-refractivity contribution is 0.253. The first-order chi connectivity index (χ1) is 8.34. The van der Waals surface area contributed by atoms with Gasteiger partial charge in [-0.15, -0.1) is 0 Å². The van der Waals surface area contributed by atoms with Crippen molar-refractivity contribution in [2.24, 2.45) is 5.73 Å². The standard InChI is InChI=1S/C13H19NO3S/c1-3-9-4-6-10(7-5-9)11-12(18(2,16)17)13(11,14)8-15/h4-7,11-12,15H,3,8,14H2,1-2H3/t11-,12+,13-/m1/s1. The molecule has 0 unspecified atom stereocenters. The molecule has 0 spiro atoms. The zero-order chi connectivity index (χ0) is 13.6. The Bertz CT molecular complexity index is 538. The molecule has 3 N–H and O–H groups in total. The van der Waals surface area contributed by atoms with Gasteiger partial charge in [0.05, 0.1) is 17.4 Å². The number of hydrogen-bond acceptors (Lipinski definition) is 4. The fraction of sp³-hybridized carbons (Fsp3) is 0.538. The van der Waals surface area contributed by atoms with Gasteiger partial charge < -0.3 is 10.8 Å². The molecule has 2 rings (SSSR count). The third kappa shape index (κ3) is 2.06. The van der Waals surface area contributed by atoms with Gasteiger partial charge in [-0.05, 0) is 17.5 Å². The van der Waals surface area contributed by atoms with Crippen LogP contribution in [0.5, 0.6) is 0 Å². The predicted molar refractivity (Wildman–Crippen MR) is 71.2 cm³/mol. The van der Waals surface area contributed by atoms with Crippen molar-refractivity contribution in [3.8, 4) is 0 Å². The van der Waals surface area contributed by atoms with Crippen molar-refractivity contribution in [2.75, 3.05) is 12.9 Å². The van der Waals surface area contributed by atoms with E-state index in [1.54, 1.807) is 0 Å². The Labute approximate surface area is 108 Å². The first-order valence-corrected chi connectivity index (χ1v) is 7.97. The van der Waals surface area contributed by atoms with Crippen LogP contribution in [0.3, 0.4) is 0 Å². The maximum atomic E-state index is 11.7. The van der Waals surface area contributed by atoms with Crippen LogP contribution in [0.15, 0.2) is 24.3 Å². The van der Waals surface area contributed by atoms with Crippen LogP contribution in [-0.4, -0.2) is 37.2 Å². The molecule has 1 fully saturated rings. The van der Waals surface area contributed by atoms with Crippen molar-refractivity contribution >= 4 is 9.84 Å². The molecular weight excluding hydrogens is 250 g/mol. The smallest absolute Gasteiger partial charge is 0.152 e. The normalized spacial score (nSPS) is 31.3. The molecule has 0 amide bonds. The monoisotopic (exact) mass is 269 g/mol. The van der Waals surface area contributed by atoms with Crippen LogP contribution in [-0.2, 0) is 16.3 Å². The zero-order valence-electron chi connectivity index (χ0n) is 10.6. The van der Waals surface area contributed by atoms with E-state index in [1.807, 2.05) is 24.3 Å². The number of aryl methyl sites for hydroxylation is 1. The second-order valence-electron chi connectivity index (χ2n) is 5.09. The van der Waals surface area contributed by atoms with Crippen LogP contribution in [0.25, 0.3) is 0 Å². The average molecular weight is 269 g/mol. The Hall–Kier alpha value is -0.910. The van der Waals surface area contributed by atoms with Crippen LogP contribution in [0.4, 0.5) is 0 Å². The lowest BCUT2D eigenvalue weighted by Crippen LogP contribution is -2.34. The van der Waals surface area contributed by atoms with Crippen molar-refractivity contribution < 1.29 is 13.5 Å². The first-order valence-electron chi connectivity index (χ1n) is 6.02. The molecule has 3 atom stereocenters. The average Bonchev–Trinajstić information content (AvgIpc) is 2.97. The molecule has 0 bridgehead atoms. The van der Waals surface area contributed by atoms with Crippen LogP contribution in [0.1, 0.15) is 24.0 Å². The van der Waals surface area contributed by atoms with Gasteiger partial charge in [0.15, 0.2) is 9.84 Å². The minimum absolute atomic E-state index is 0.302. The summed E-state index contributed by atoms with van der Waals surface area (Å²) in [7, 11) is -3.25. The molecule has 0 radical (unpaired) electrons. The Kier molecular flexibility index (Phi) is 3.25. The summed E-state index contributed by atoms with van der Waals surface area (Å²) in [5, 5.41) is 8.66. The fourth-order valence-electron chi connectivity index (χ4n) is 2.70. The number of aliphatic hydroxyl groups excluding tert-OH is 1. The summed E-state index contributed by atoms with van der Waals surface area (Å²) in [6.07, 6.45) is 2.11. The molecule has 0 saturated heterocycles. The van der Waals surface area contributed by atoms with Crippen molar-refractivity contribution in [2.45, 2.75) is 30.1 Å². The van der Waals surface area contributed by atoms with Gasteiger partial charge in [0, 0.05) is 12.2 Å². The summed E-state index contributed by atoms with van der Waals surface area (Å²) in [5.41, 5.74) is 7.05. The third-order valence-electron chi connectivity index (χ3n) is 3.78. The molecule has 0 aromatic heterocycles. The van der Waals surface area contributed by atoms with Crippen LogP contribution < -0.4 is 5.73 Å². The van der Waals surface area contributed by atoms with Gasteiger partial charge in [-0.1, -0.05) is 31.2 Å². The Morgan fingerprint density at radius 3 is 2.22 bits per heavy atom. The number of nitrogens with two attached hydrogens (primary N) is 1. The summed E-state index contributed by atoms with van der Waals surface area (Å²) >= 11 is 0. The largest absolute Gasteiger partial charge is 0.394 e. The quantitative estimate of drug-likeness (QED) is 0.831. The number of hydrogen-bond donors (Lipinski definition) is 2. The van der Waals surface area contributed by atoms with E-state index < -0.39 is 20.6 Å². The van der Waals surface area contributed by atoms with Gasteiger partial charge in [0.2, 0.25) is 0 Å². The summed E-state index contributed by atoms with van der Waals surface area (Å²) in [6.45, 7) is 1.75. The van der Waals surface area contributed by atoms with Gasteiger partial charge in [-0.25, -0.2) is 8.42 Å². The number of sulfone groups is 1. The minimum atomic E-state index is -3.25. The SMILES string of the molecule is CCc1ccc([C@@H]2[C@H](S(C)(=O)=O)[C@@]2(N)CO)cc1. The maximum absolute atomic E-state index is 11.7. The van der Waals surface area contributed by atoms with Gasteiger partial charge in [0.1, 0.15) is 0 Å². The van der Waals surface area contributed by atoms with E-state index in [1.165, 1.54) is 11.8 Å². The second-order valence-corrected chi connectivity index (χ2v) is 7.26. The lowest BCUT2D eigenvalue weighted by Gasteiger charge is -2.07. The number of aliphatic hydroxyl groups is 1. The third-order valence-corrected chi connectivity index (χ3v) is 5.42. The molecule has 1 aliphatic rings. The number of benzene rings is 1. The first kappa shape index (κ1) is 13.5. The summed E-state index contributed by atoms with van der Waals surface area (Å²) in [5.74, 6) is -0.302. The highest BCUT2D eigenvalue weighted by Gasteiger charge is 2.67. The topological polar surface area (TPSA) is 80.4 Å². The van der Waals surface area contributed by atoms with Crippen molar-refractivity contribution in [3.05, 3.63) is 35.4 Å². The molecule has 5 heteroatoms.